The first-order valence-electron chi connectivity index (χ1n) is 8.19. The van der Waals surface area contributed by atoms with Gasteiger partial charge in [0.25, 0.3) is 0 Å². The van der Waals surface area contributed by atoms with E-state index in [1.807, 2.05) is 6.07 Å². The van der Waals surface area contributed by atoms with E-state index in [1.165, 1.54) is 36.1 Å². The van der Waals surface area contributed by atoms with Crippen LogP contribution in [0.4, 0.5) is 4.39 Å². The summed E-state index contributed by atoms with van der Waals surface area (Å²) in [5, 5.41) is 9.76. The highest BCUT2D eigenvalue weighted by Crippen LogP contribution is 2.33. The van der Waals surface area contributed by atoms with E-state index in [0.29, 0.717) is 11.3 Å². The van der Waals surface area contributed by atoms with Gasteiger partial charge in [0.15, 0.2) is 0 Å². The second kappa shape index (κ2) is 6.19. The van der Waals surface area contributed by atoms with Gasteiger partial charge in [-0.25, -0.2) is 4.39 Å². The molecule has 2 aliphatic rings. The van der Waals surface area contributed by atoms with Crippen LogP contribution in [-0.2, 0) is 13.0 Å². The molecule has 2 heterocycles. The zero-order chi connectivity index (χ0) is 16.7. The van der Waals surface area contributed by atoms with Crippen molar-refractivity contribution in [2.24, 2.45) is 0 Å². The molecular formula is C19H18ClFN2O. The fourth-order valence-electron chi connectivity index (χ4n) is 3.20. The second-order valence-electron chi connectivity index (χ2n) is 6.46. The summed E-state index contributed by atoms with van der Waals surface area (Å²) in [5.41, 5.74) is 3.11. The average molecular weight is 345 g/mol. The van der Waals surface area contributed by atoms with E-state index in [2.05, 4.69) is 9.88 Å². The van der Waals surface area contributed by atoms with Crippen LogP contribution in [0.5, 0.6) is 5.75 Å². The molecule has 1 aromatic carbocycles. The van der Waals surface area contributed by atoms with Crippen molar-refractivity contribution >= 4 is 23.5 Å². The predicted molar refractivity (Wildman–Crippen MR) is 93.5 cm³/mol. The van der Waals surface area contributed by atoms with Crippen molar-refractivity contribution in [2.75, 3.05) is 6.54 Å². The molecule has 5 heteroatoms. The minimum Gasteiger partial charge on any atom is -0.506 e. The number of aromatic hydroxyl groups is 1. The molecular weight excluding hydrogens is 327 g/mol. The number of rotatable bonds is 3. The van der Waals surface area contributed by atoms with Crippen molar-refractivity contribution in [1.29, 1.82) is 0 Å². The Hall–Kier alpha value is -1.91. The molecule has 1 aliphatic carbocycles. The third-order valence-electron chi connectivity index (χ3n) is 4.72. The summed E-state index contributed by atoms with van der Waals surface area (Å²) in [6, 6.07) is 7.34. The topological polar surface area (TPSA) is 36.4 Å². The van der Waals surface area contributed by atoms with Crippen LogP contribution in [0.3, 0.4) is 0 Å². The number of benzene rings is 1. The molecule has 1 N–H and O–H groups in total. The van der Waals surface area contributed by atoms with Gasteiger partial charge in [0.2, 0.25) is 0 Å². The van der Waals surface area contributed by atoms with Crippen LogP contribution in [0.15, 0.2) is 30.5 Å². The maximum absolute atomic E-state index is 14.6. The summed E-state index contributed by atoms with van der Waals surface area (Å²) in [6.07, 6.45) is 6.63. The Morgan fingerprint density at radius 1 is 1.33 bits per heavy atom. The van der Waals surface area contributed by atoms with Gasteiger partial charge in [0.05, 0.1) is 10.7 Å². The number of aromatic nitrogens is 1. The van der Waals surface area contributed by atoms with E-state index >= 15 is 0 Å². The molecule has 0 radical (unpaired) electrons. The molecule has 0 amide bonds. The molecule has 0 atom stereocenters. The maximum Gasteiger partial charge on any atom is 0.149 e. The molecule has 4 rings (SSSR count). The van der Waals surface area contributed by atoms with E-state index < -0.39 is 5.83 Å². The largest absolute Gasteiger partial charge is 0.506 e. The van der Waals surface area contributed by atoms with Crippen molar-refractivity contribution in [3.05, 3.63) is 57.9 Å². The van der Waals surface area contributed by atoms with E-state index in [0.717, 1.165) is 25.6 Å². The van der Waals surface area contributed by atoms with Gasteiger partial charge in [-0.1, -0.05) is 23.7 Å². The Morgan fingerprint density at radius 2 is 2.17 bits per heavy atom. The van der Waals surface area contributed by atoms with Gasteiger partial charge < -0.3 is 5.11 Å². The molecule has 0 unspecified atom stereocenters. The van der Waals surface area contributed by atoms with Gasteiger partial charge in [-0.15, -0.1) is 0 Å². The van der Waals surface area contributed by atoms with Crippen LogP contribution < -0.4 is 0 Å². The molecule has 0 bridgehead atoms. The number of fused-ring (bicyclic) bond motifs is 1. The lowest BCUT2D eigenvalue weighted by molar-refractivity contribution is 0.243. The lowest BCUT2D eigenvalue weighted by Gasteiger charge is -2.28. The Bertz CT molecular complexity index is 817. The number of hydrogen-bond donors (Lipinski definition) is 1. The van der Waals surface area contributed by atoms with Gasteiger partial charge >= 0.3 is 0 Å². The lowest BCUT2D eigenvalue weighted by atomic mass is 10.0. The van der Waals surface area contributed by atoms with Crippen LogP contribution in [-0.4, -0.2) is 27.6 Å². The number of phenolic OH excluding ortho intramolecular Hbond substituents is 1. The first kappa shape index (κ1) is 15.6. The van der Waals surface area contributed by atoms with Crippen LogP contribution in [0.2, 0.25) is 5.02 Å². The molecule has 1 aromatic heterocycles. The van der Waals surface area contributed by atoms with Crippen molar-refractivity contribution in [3.8, 4) is 5.75 Å². The highest BCUT2D eigenvalue weighted by Gasteiger charge is 2.31. The predicted octanol–water partition coefficient (Wildman–Crippen LogP) is 4.43. The highest BCUT2D eigenvalue weighted by atomic mass is 35.5. The summed E-state index contributed by atoms with van der Waals surface area (Å²) in [7, 11) is 0. The smallest absolute Gasteiger partial charge is 0.149 e. The average Bonchev–Trinajstić information content (AvgIpc) is 3.43. The summed E-state index contributed by atoms with van der Waals surface area (Å²) in [6.45, 7) is 1.95. The zero-order valence-electron chi connectivity index (χ0n) is 13.2. The second-order valence-corrected chi connectivity index (χ2v) is 6.84. The number of nitrogens with zero attached hydrogens (tertiary/aromatic N) is 2. The van der Waals surface area contributed by atoms with Gasteiger partial charge in [-0.05, 0) is 54.2 Å². The number of hydrogen-bond acceptors (Lipinski definition) is 3. The maximum atomic E-state index is 14.6. The SMILES string of the molecule is Oc1cccc(/C=C(\F)c2cc3c(cn2)CN(C2CC2)CC3)c1Cl. The molecule has 24 heavy (non-hydrogen) atoms. The zero-order valence-corrected chi connectivity index (χ0v) is 13.9. The number of halogens is 2. The molecule has 2 aromatic rings. The van der Waals surface area contributed by atoms with Crippen molar-refractivity contribution in [3.63, 3.8) is 0 Å². The fraction of sp³-hybridized carbons (Fsp3) is 0.316. The summed E-state index contributed by atoms with van der Waals surface area (Å²) in [4.78, 5) is 6.77. The van der Waals surface area contributed by atoms with Crippen LogP contribution >= 0.6 is 11.6 Å². The third-order valence-corrected chi connectivity index (χ3v) is 5.13. The van der Waals surface area contributed by atoms with E-state index in [4.69, 9.17) is 11.6 Å². The molecule has 0 saturated heterocycles. The van der Waals surface area contributed by atoms with Crippen molar-refractivity contribution in [2.45, 2.75) is 31.8 Å². The standard InChI is InChI=1S/C19H18ClFN2O/c20-19-13(2-1-3-18(19)24)8-16(21)17-9-12-6-7-23(15-4-5-15)11-14(12)10-22-17/h1-3,8-10,15,24H,4-7,11H2/b16-8-. The highest BCUT2D eigenvalue weighted by molar-refractivity contribution is 6.33. The monoisotopic (exact) mass is 344 g/mol. The Labute approximate surface area is 145 Å². The van der Waals surface area contributed by atoms with E-state index in [1.54, 1.807) is 18.3 Å². The fourth-order valence-corrected chi connectivity index (χ4v) is 3.38. The van der Waals surface area contributed by atoms with Crippen molar-refractivity contribution < 1.29 is 9.50 Å². The minimum atomic E-state index is -0.449. The van der Waals surface area contributed by atoms with Gasteiger partial charge in [0.1, 0.15) is 11.6 Å². The molecule has 1 saturated carbocycles. The van der Waals surface area contributed by atoms with E-state index in [9.17, 15) is 9.50 Å². The third kappa shape index (κ3) is 3.04. The number of phenols is 1. The van der Waals surface area contributed by atoms with E-state index in [-0.39, 0.29) is 10.8 Å². The molecule has 1 fully saturated rings. The molecule has 124 valence electrons. The normalized spacial score (nSPS) is 18.5. The molecule has 3 nitrogen and oxygen atoms in total. The quantitative estimate of drug-likeness (QED) is 0.894. The Balaban J connectivity index is 1.60. The summed E-state index contributed by atoms with van der Waals surface area (Å²) >= 11 is 6.00. The van der Waals surface area contributed by atoms with Gasteiger partial charge in [-0.3, -0.25) is 9.88 Å². The lowest BCUT2D eigenvalue weighted by Crippen LogP contribution is -2.32. The Morgan fingerprint density at radius 3 is 2.96 bits per heavy atom. The number of pyridine rings is 1. The summed E-state index contributed by atoms with van der Waals surface area (Å²) < 4.78 is 14.6. The van der Waals surface area contributed by atoms with Crippen LogP contribution in [0.1, 0.15) is 35.2 Å². The molecule has 0 spiro atoms. The van der Waals surface area contributed by atoms with Gasteiger partial charge in [0, 0.05) is 25.3 Å². The first-order chi connectivity index (χ1) is 11.6. The van der Waals surface area contributed by atoms with Gasteiger partial charge in [-0.2, -0.15) is 0 Å². The minimum absolute atomic E-state index is 0.0585. The molecule has 1 aliphatic heterocycles. The van der Waals surface area contributed by atoms with Crippen LogP contribution in [0, 0.1) is 0 Å². The summed E-state index contributed by atoms with van der Waals surface area (Å²) in [5.74, 6) is -0.508. The van der Waals surface area contributed by atoms with Crippen molar-refractivity contribution in [1.82, 2.24) is 9.88 Å². The first-order valence-corrected chi connectivity index (χ1v) is 8.56. The van der Waals surface area contributed by atoms with Crippen LogP contribution in [0.25, 0.3) is 11.9 Å². The Kier molecular flexibility index (Phi) is 4.02.